The Kier molecular flexibility index (Phi) is 7.48. The molecular formula is C21H27NO3. The number of methoxy groups -OCH3 is 1. The maximum atomic E-state index is 11.6. The third-order valence-electron chi connectivity index (χ3n) is 4.40. The Morgan fingerprint density at radius 2 is 1.72 bits per heavy atom. The minimum Gasteiger partial charge on any atom is -0.489 e. The first-order chi connectivity index (χ1) is 12.1. The minimum atomic E-state index is -0.173. The summed E-state index contributed by atoms with van der Waals surface area (Å²) in [6.07, 6.45) is 1.20. The molecule has 0 heterocycles. The Morgan fingerprint density at radius 3 is 2.32 bits per heavy atom. The number of esters is 1. The second kappa shape index (κ2) is 9.84. The molecule has 0 N–H and O–H groups in total. The van der Waals surface area contributed by atoms with E-state index in [1.165, 1.54) is 12.7 Å². The van der Waals surface area contributed by atoms with Crippen LogP contribution < -0.4 is 4.74 Å². The number of rotatable bonds is 9. The van der Waals surface area contributed by atoms with Gasteiger partial charge in [0.15, 0.2) is 0 Å². The Morgan fingerprint density at radius 1 is 1.04 bits per heavy atom. The molecule has 0 aliphatic carbocycles. The number of benzene rings is 2. The summed E-state index contributed by atoms with van der Waals surface area (Å²) < 4.78 is 10.6. The molecule has 2 aromatic rings. The van der Waals surface area contributed by atoms with Crippen LogP contribution in [-0.2, 0) is 22.6 Å². The lowest BCUT2D eigenvalue weighted by atomic mass is 10.0. The average Bonchev–Trinajstić information content (AvgIpc) is 2.66. The molecule has 0 aliphatic heterocycles. The molecule has 2 aromatic carbocycles. The van der Waals surface area contributed by atoms with Crippen LogP contribution in [0.4, 0.5) is 0 Å². The first-order valence-electron chi connectivity index (χ1n) is 8.65. The van der Waals surface area contributed by atoms with E-state index >= 15 is 0 Å². The highest BCUT2D eigenvalue weighted by Crippen LogP contribution is 2.17. The molecule has 0 bridgehead atoms. The van der Waals surface area contributed by atoms with Crippen molar-refractivity contribution in [2.45, 2.75) is 32.4 Å². The van der Waals surface area contributed by atoms with Gasteiger partial charge in [0.2, 0.25) is 0 Å². The van der Waals surface area contributed by atoms with Crippen molar-refractivity contribution in [3.8, 4) is 5.75 Å². The van der Waals surface area contributed by atoms with Gasteiger partial charge in [-0.2, -0.15) is 0 Å². The number of nitrogens with zero attached hydrogens (tertiary/aromatic N) is 1. The van der Waals surface area contributed by atoms with Crippen LogP contribution in [0.15, 0.2) is 54.6 Å². The van der Waals surface area contributed by atoms with Gasteiger partial charge in [0.25, 0.3) is 0 Å². The fraction of sp³-hybridized carbons (Fsp3) is 0.381. The lowest BCUT2D eigenvalue weighted by Crippen LogP contribution is -2.35. The molecule has 25 heavy (non-hydrogen) atoms. The number of carbonyl (C=O) groups excluding carboxylic acids is 1. The van der Waals surface area contributed by atoms with Gasteiger partial charge in [0, 0.05) is 6.04 Å². The van der Waals surface area contributed by atoms with E-state index in [1.807, 2.05) is 49.5 Å². The molecular weight excluding hydrogens is 314 g/mol. The Bertz CT molecular complexity index is 640. The maximum absolute atomic E-state index is 11.6. The standard InChI is InChI=1S/C21H27NO3/c1-4-22(2)19(15-21(23)24-3)14-17-10-12-20(13-11-17)25-16-18-8-6-5-7-9-18/h5-13,19H,4,14-16H2,1-3H3/t19-/m0/s1. The van der Waals surface area contributed by atoms with E-state index in [4.69, 9.17) is 9.47 Å². The van der Waals surface area contributed by atoms with Crippen LogP contribution in [0.5, 0.6) is 5.75 Å². The number of carbonyl (C=O) groups is 1. The van der Waals surface area contributed by atoms with Crippen molar-refractivity contribution in [2.24, 2.45) is 0 Å². The number of ether oxygens (including phenoxy) is 2. The van der Waals surface area contributed by atoms with Crippen molar-refractivity contribution < 1.29 is 14.3 Å². The van der Waals surface area contributed by atoms with Crippen LogP contribution in [0.3, 0.4) is 0 Å². The molecule has 0 saturated carbocycles. The number of hydrogen-bond donors (Lipinski definition) is 0. The molecule has 0 radical (unpaired) electrons. The zero-order valence-corrected chi connectivity index (χ0v) is 15.3. The highest BCUT2D eigenvalue weighted by Gasteiger charge is 2.18. The molecule has 1 atom stereocenters. The van der Waals surface area contributed by atoms with Gasteiger partial charge in [-0.05, 0) is 43.3 Å². The Balaban J connectivity index is 1.94. The fourth-order valence-electron chi connectivity index (χ4n) is 2.65. The third kappa shape index (κ3) is 6.24. The molecule has 0 aromatic heterocycles. The summed E-state index contributed by atoms with van der Waals surface area (Å²) in [5, 5.41) is 0. The SMILES string of the molecule is CCN(C)[C@H](CC(=O)OC)Cc1ccc(OCc2ccccc2)cc1. The first kappa shape index (κ1) is 19.0. The number of likely N-dealkylation sites (N-methyl/N-ethyl adjacent to an activating group) is 1. The molecule has 4 nitrogen and oxygen atoms in total. The van der Waals surface area contributed by atoms with Crippen LogP contribution in [0.1, 0.15) is 24.5 Å². The maximum Gasteiger partial charge on any atom is 0.307 e. The van der Waals surface area contributed by atoms with Crippen LogP contribution in [-0.4, -0.2) is 37.6 Å². The summed E-state index contributed by atoms with van der Waals surface area (Å²) in [6.45, 7) is 3.54. The molecule has 0 aliphatic rings. The van der Waals surface area contributed by atoms with E-state index in [0.717, 1.165) is 24.3 Å². The number of hydrogen-bond acceptors (Lipinski definition) is 4. The largest absolute Gasteiger partial charge is 0.489 e. The molecule has 0 spiro atoms. The highest BCUT2D eigenvalue weighted by atomic mass is 16.5. The minimum absolute atomic E-state index is 0.133. The third-order valence-corrected chi connectivity index (χ3v) is 4.40. The lowest BCUT2D eigenvalue weighted by molar-refractivity contribution is -0.141. The normalized spacial score (nSPS) is 12.0. The van der Waals surface area contributed by atoms with Crippen molar-refractivity contribution >= 4 is 5.97 Å². The molecule has 0 saturated heterocycles. The average molecular weight is 341 g/mol. The van der Waals surface area contributed by atoms with Gasteiger partial charge in [-0.1, -0.05) is 49.4 Å². The monoisotopic (exact) mass is 341 g/mol. The lowest BCUT2D eigenvalue weighted by Gasteiger charge is -2.26. The van der Waals surface area contributed by atoms with Gasteiger partial charge in [-0.3, -0.25) is 4.79 Å². The zero-order valence-electron chi connectivity index (χ0n) is 15.3. The summed E-state index contributed by atoms with van der Waals surface area (Å²) in [5.74, 6) is 0.675. The quantitative estimate of drug-likeness (QED) is 0.652. The fourth-order valence-corrected chi connectivity index (χ4v) is 2.65. The van der Waals surface area contributed by atoms with Gasteiger partial charge in [-0.25, -0.2) is 0 Å². The van der Waals surface area contributed by atoms with Gasteiger partial charge >= 0.3 is 5.97 Å². The summed E-state index contributed by atoms with van der Waals surface area (Å²) in [6, 6.07) is 18.3. The van der Waals surface area contributed by atoms with Crippen molar-refractivity contribution in [1.29, 1.82) is 0 Å². The second-order valence-corrected chi connectivity index (χ2v) is 6.13. The molecule has 134 valence electrons. The van der Waals surface area contributed by atoms with E-state index in [-0.39, 0.29) is 12.0 Å². The molecule has 0 amide bonds. The van der Waals surface area contributed by atoms with Crippen molar-refractivity contribution in [3.05, 3.63) is 65.7 Å². The van der Waals surface area contributed by atoms with E-state index in [9.17, 15) is 4.79 Å². The van der Waals surface area contributed by atoms with Crippen LogP contribution >= 0.6 is 0 Å². The second-order valence-electron chi connectivity index (χ2n) is 6.13. The molecule has 0 fully saturated rings. The van der Waals surface area contributed by atoms with E-state index < -0.39 is 0 Å². The van der Waals surface area contributed by atoms with E-state index in [2.05, 4.69) is 24.0 Å². The van der Waals surface area contributed by atoms with Gasteiger partial charge < -0.3 is 14.4 Å². The first-order valence-corrected chi connectivity index (χ1v) is 8.65. The van der Waals surface area contributed by atoms with Crippen LogP contribution in [0, 0.1) is 0 Å². The molecule has 2 rings (SSSR count). The Hall–Kier alpha value is -2.33. The zero-order chi connectivity index (χ0) is 18.1. The van der Waals surface area contributed by atoms with E-state index in [1.54, 1.807) is 0 Å². The predicted octanol–water partition coefficient (Wildman–Crippen LogP) is 3.69. The highest BCUT2D eigenvalue weighted by molar-refractivity contribution is 5.70. The Labute approximate surface area is 150 Å². The van der Waals surface area contributed by atoms with Crippen molar-refractivity contribution in [3.63, 3.8) is 0 Å². The summed E-state index contributed by atoms with van der Waals surface area (Å²) >= 11 is 0. The summed E-state index contributed by atoms with van der Waals surface area (Å²) in [7, 11) is 3.47. The van der Waals surface area contributed by atoms with Crippen molar-refractivity contribution in [2.75, 3.05) is 20.7 Å². The van der Waals surface area contributed by atoms with Gasteiger partial charge in [0.05, 0.1) is 13.5 Å². The topological polar surface area (TPSA) is 38.8 Å². The summed E-state index contributed by atoms with van der Waals surface area (Å²) in [5.41, 5.74) is 2.33. The van der Waals surface area contributed by atoms with Gasteiger partial charge in [-0.15, -0.1) is 0 Å². The molecule has 0 unspecified atom stereocenters. The van der Waals surface area contributed by atoms with Crippen molar-refractivity contribution in [1.82, 2.24) is 4.90 Å². The van der Waals surface area contributed by atoms with Crippen LogP contribution in [0.25, 0.3) is 0 Å². The van der Waals surface area contributed by atoms with E-state index in [0.29, 0.717) is 13.0 Å². The summed E-state index contributed by atoms with van der Waals surface area (Å²) in [4.78, 5) is 13.8. The van der Waals surface area contributed by atoms with Gasteiger partial charge in [0.1, 0.15) is 12.4 Å². The van der Waals surface area contributed by atoms with Crippen LogP contribution in [0.2, 0.25) is 0 Å². The molecule has 4 heteroatoms. The predicted molar refractivity (Wildman–Crippen MR) is 99.6 cm³/mol. The smallest absolute Gasteiger partial charge is 0.307 e.